The largest absolute Gasteiger partial charge is 0.457 e. The van der Waals surface area contributed by atoms with Gasteiger partial charge in [-0.25, -0.2) is 0 Å². The standard InChI is InChI=1S/C20H22N2O3/c23-16-10-11-21(14-16)15-12-22(13-15)20(24)18-8-4-5-9-19(18)25-17-6-2-1-3-7-17/h1-9,15-16,23H,10-14H2. The lowest BCUT2D eigenvalue weighted by Crippen LogP contribution is -2.60. The van der Waals surface area contributed by atoms with Crippen molar-refractivity contribution in [2.24, 2.45) is 0 Å². The van der Waals surface area contributed by atoms with Crippen molar-refractivity contribution in [3.63, 3.8) is 0 Å². The molecule has 4 rings (SSSR count). The van der Waals surface area contributed by atoms with Crippen LogP contribution in [-0.4, -0.2) is 59.1 Å². The van der Waals surface area contributed by atoms with Gasteiger partial charge in [-0.1, -0.05) is 30.3 Å². The van der Waals surface area contributed by atoms with E-state index in [1.807, 2.05) is 59.5 Å². The van der Waals surface area contributed by atoms with Gasteiger partial charge in [-0.2, -0.15) is 0 Å². The summed E-state index contributed by atoms with van der Waals surface area (Å²) in [4.78, 5) is 17.0. The molecule has 2 saturated heterocycles. The molecule has 2 fully saturated rings. The van der Waals surface area contributed by atoms with E-state index < -0.39 is 0 Å². The molecule has 2 heterocycles. The maximum atomic E-state index is 12.8. The van der Waals surface area contributed by atoms with Crippen LogP contribution in [0.4, 0.5) is 0 Å². The minimum absolute atomic E-state index is 0.00234. The molecule has 1 N–H and O–H groups in total. The smallest absolute Gasteiger partial charge is 0.257 e. The van der Waals surface area contributed by atoms with E-state index in [9.17, 15) is 9.90 Å². The maximum absolute atomic E-state index is 12.8. The minimum Gasteiger partial charge on any atom is -0.457 e. The number of carbonyl (C=O) groups is 1. The van der Waals surface area contributed by atoms with Gasteiger partial charge in [0.05, 0.1) is 11.7 Å². The number of carbonyl (C=O) groups excluding carboxylic acids is 1. The molecule has 0 radical (unpaired) electrons. The number of hydrogen-bond acceptors (Lipinski definition) is 4. The highest BCUT2D eigenvalue weighted by molar-refractivity contribution is 5.97. The molecule has 2 aromatic rings. The number of hydrogen-bond donors (Lipinski definition) is 1. The first kappa shape index (κ1) is 16.1. The Morgan fingerprint density at radius 1 is 1.00 bits per heavy atom. The van der Waals surface area contributed by atoms with Gasteiger partial charge in [-0.05, 0) is 30.7 Å². The molecule has 130 valence electrons. The van der Waals surface area contributed by atoms with Crippen LogP contribution >= 0.6 is 0 Å². The molecule has 2 aromatic carbocycles. The van der Waals surface area contributed by atoms with Gasteiger partial charge in [0, 0.05) is 32.2 Å². The Morgan fingerprint density at radius 3 is 2.44 bits per heavy atom. The van der Waals surface area contributed by atoms with Crippen molar-refractivity contribution in [3.05, 3.63) is 60.2 Å². The number of aliphatic hydroxyl groups excluding tert-OH is 1. The molecule has 1 unspecified atom stereocenters. The summed E-state index contributed by atoms with van der Waals surface area (Å²) in [7, 11) is 0. The summed E-state index contributed by atoms with van der Waals surface area (Å²) in [6, 6.07) is 17.2. The van der Waals surface area contributed by atoms with Gasteiger partial charge in [0.15, 0.2) is 0 Å². The Balaban J connectivity index is 1.43. The van der Waals surface area contributed by atoms with E-state index in [1.165, 1.54) is 0 Å². The number of β-amino-alcohol motifs (C(OH)–C–C–N with tert-alkyl or cyclic N) is 1. The summed E-state index contributed by atoms with van der Waals surface area (Å²) >= 11 is 0. The SMILES string of the molecule is O=C(c1ccccc1Oc1ccccc1)N1CC(N2CCC(O)C2)C1. The van der Waals surface area contributed by atoms with Crippen LogP contribution in [0.5, 0.6) is 11.5 Å². The average molecular weight is 338 g/mol. The van der Waals surface area contributed by atoms with E-state index in [1.54, 1.807) is 0 Å². The zero-order chi connectivity index (χ0) is 17.2. The first-order valence-corrected chi connectivity index (χ1v) is 8.74. The molecule has 2 aliphatic rings. The molecule has 5 nitrogen and oxygen atoms in total. The van der Waals surface area contributed by atoms with Crippen LogP contribution in [0.2, 0.25) is 0 Å². The molecule has 0 aromatic heterocycles. The summed E-state index contributed by atoms with van der Waals surface area (Å²) in [5.41, 5.74) is 0.589. The molecular formula is C20H22N2O3. The highest BCUT2D eigenvalue weighted by Crippen LogP contribution is 2.28. The molecule has 1 amide bonds. The number of benzene rings is 2. The molecule has 2 aliphatic heterocycles. The van der Waals surface area contributed by atoms with E-state index in [4.69, 9.17) is 4.74 Å². The van der Waals surface area contributed by atoms with E-state index >= 15 is 0 Å². The zero-order valence-electron chi connectivity index (χ0n) is 14.0. The van der Waals surface area contributed by atoms with Crippen LogP contribution in [0.3, 0.4) is 0 Å². The molecule has 0 spiro atoms. The van der Waals surface area contributed by atoms with E-state index in [-0.39, 0.29) is 12.0 Å². The fraction of sp³-hybridized carbons (Fsp3) is 0.350. The van der Waals surface area contributed by atoms with Crippen molar-refractivity contribution in [2.45, 2.75) is 18.6 Å². The lowest BCUT2D eigenvalue weighted by atomic mass is 10.0. The van der Waals surface area contributed by atoms with Gasteiger partial charge < -0.3 is 14.7 Å². The minimum atomic E-state index is -0.218. The predicted molar refractivity (Wildman–Crippen MR) is 94.8 cm³/mol. The Labute approximate surface area is 147 Å². The lowest BCUT2D eigenvalue weighted by Gasteiger charge is -2.44. The number of aliphatic hydroxyl groups is 1. The van der Waals surface area contributed by atoms with Gasteiger partial charge in [0.25, 0.3) is 5.91 Å². The molecule has 0 aliphatic carbocycles. The predicted octanol–water partition coefficient (Wildman–Crippen LogP) is 2.37. The monoisotopic (exact) mass is 338 g/mol. The second kappa shape index (κ2) is 6.86. The third kappa shape index (κ3) is 3.38. The number of amides is 1. The van der Waals surface area contributed by atoms with Crippen LogP contribution in [-0.2, 0) is 0 Å². The Hall–Kier alpha value is -2.37. The summed E-state index contributed by atoms with van der Waals surface area (Å²) < 4.78 is 5.90. The first-order valence-electron chi connectivity index (χ1n) is 8.74. The summed E-state index contributed by atoms with van der Waals surface area (Å²) in [5, 5.41) is 9.66. The van der Waals surface area contributed by atoms with Crippen molar-refractivity contribution in [1.29, 1.82) is 0 Å². The van der Waals surface area contributed by atoms with Gasteiger partial charge in [-0.15, -0.1) is 0 Å². The fourth-order valence-corrected chi connectivity index (χ4v) is 3.47. The fourth-order valence-electron chi connectivity index (χ4n) is 3.47. The van der Waals surface area contributed by atoms with Crippen LogP contribution in [0.1, 0.15) is 16.8 Å². The second-order valence-corrected chi connectivity index (χ2v) is 6.71. The molecule has 25 heavy (non-hydrogen) atoms. The topological polar surface area (TPSA) is 53.0 Å². The maximum Gasteiger partial charge on any atom is 0.257 e. The number of para-hydroxylation sites is 2. The van der Waals surface area contributed by atoms with Crippen molar-refractivity contribution in [2.75, 3.05) is 26.2 Å². The molecule has 1 atom stereocenters. The van der Waals surface area contributed by atoms with E-state index in [0.717, 1.165) is 25.3 Å². The molecule has 0 bridgehead atoms. The van der Waals surface area contributed by atoms with Crippen LogP contribution in [0.25, 0.3) is 0 Å². The van der Waals surface area contributed by atoms with Crippen LogP contribution in [0, 0.1) is 0 Å². The Kier molecular flexibility index (Phi) is 4.42. The number of nitrogens with zero attached hydrogens (tertiary/aromatic N) is 2. The zero-order valence-corrected chi connectivity index (χ0v) is 14.0. The summed E-state index contributed by atoms with van der Waals surface area (Å²) in [6.07, 6.45) is 0.614. The van der Waals surface area contributed by atoms with Gasteiger partial charge in [0.1, 0.15) is 11.5 Å². The third-order valence-electron chi connectivity index (χ3n) is 4.95. The van der Waals surface area contributed by atoms with Crippen molar-refractivity contribution < 1.29 is 14.6 Å². The van der Waals surface area contributed by atoms with E-state index in [0.29, 0.717) is 30.4 Å². The quantitative estimate of drug-likeness (QED) is 0.930. The third-order valence-corrected chi connectivity index (χ3v) is 4.95. The normalized spacial score (nSPS) is 21.2. The number of ether oxygens (including phenoxy) is 1. The van der Waals surface area contributed by atoms with Crippen LogP contribution in [0.15, 0.2) is 54.6 Å². The molecular weight excluding hydrogens is 316 g/mol. The second-order valence-electron chi connectivity index (χ2n) is 6.71. The van der Waals surface area contributed by atoms with Crippen molar-refractivity contribution in [1.82, 2.24) is 9.80 Å². The van der Waals surface area contributed by atoms with Crippen molar-refractivity contribution >= 4 is 5.91 Å². The Bertz CT molecular complexity index is 744. The Morgan fingerprint density at radius 2 is 1.72 bits per heavy atom. The summed E-state index contributed by atoms with van der Waals surface area (Å²) in [5.74, 6) is 1.30. The van der Waals surface area contributed by atoms with Crippen molar-refractivity contribution in [3.8, 4) is 11.5 Å². The number of rotatable bonds is 4. The van der Waals surface area contributed by atoms with Gasteiger partial charge in [-0.3, -0.25) is 9.69 Å². The van der Waals surface area contributed by atoms with E-state index in [2.05, 4.69) is 4.90 Å². The highest BCUT2D eigenvalue weighted by Gasteiger charge is 2.38. The molecule has 5 heteroatoms. The van der Waals surface area contributed by atoms with Gasteiger partial charge in [0.2, 0.25) is 0 Å². The molecule has 0 saturated carbocycles. The number of likely N-dealkylation sites (tertiary alicyclic amines) is 2. The van der Waals surface area contributed by atoms with Gasteiger partial charge >= 0.3 is 0 Å². The highest BCUT2D eigenvalue weighted by atomic mass is 16.5. The summed E-state index contributed by atoms with van der Waals surface area (Å²) in [6.45, 7) is 3.07. The average Bonchev–Trinajstić information content (AvgIpc) is 3.01. The first-order chi connectivity index (χ1) is 12.2. The lowest BCUT2D eigenvalue weighted by molar-refractivity contribution is 0.0297. The van der Waals surface area contributed by atoms with Crippen LogP contribution < -0.4 is 4.74 Å².